The summed E-state index contributed by atoms with van der Waals surface area (Å²) in [6, 6.07) is 4.07. The first-order valence-electron chi connectivity index (χ1n) is 6.77. The second-order valence-corrected chi connectivity index (χ2v) is 5.34. The lowest BCUT2D eigenvalue weighted by Gasteiger charge is -2.11. The van der Waals surface area contributed by atoms with Crippen molar-refractivity contribution in [3.63, 3.8) is 0 Å². The number of hydrogen-bond acceptors (Lipinski definition) is 3. The van der Waals surface area contributed by atoms with Crippen molar-refractivity contribution in [1.29, 1.82) is 0 Å². The van der Waals surface area contributed by atoms with E-state index >= 15 is 0 Å². The molecule has 1 aromatic carbocycles. The van der Waals surface area contributed by atoms with Crippen LogP contribution in [-0.2, 0) is 6.42 Å². The van der Waals surface area contributed by atoms with Gasteiger partial charge >= 0.3 is 0 Å². The molecule has 1 fully saturated rings. The molecule has 0 N–H and O–H groups in total. The molecule has 0 radical (unpaired) electrons. The monoisotopic (exact) mass is 257 g/mol. The van der Waals surface area contributed by atoms with Gasteiger partial charge in [0.25, 0.3) is 0 Å². The Kier molecular flexibility index (Phi) is 3.05. The highest BCUT2D eigenvalue weighted by atomic mass is 16.5. The Balaban J connectivity index is 2.01. The summed E-state index contributed by atoms with van der Waals surface area (Å²) >= 11 is 0. The van der Waals surface area contributed by atoms with Gasteiger partial charge in [0, 0.05) is 5.56 Å². The molecule has 0 spiro atoms. The van der Waals surface area contributed by atoms with Gasteiger partial charge in [0.1, 0.15) is 5.75 Å². The fourth-order valence-corrected chi connectivity index (χ4v) is 2.49. The molecule has 1 aliphatic rings. The summed E-state index contributed by atoms with van der Waals surface area (Å²) in [4.78, 5) is 4.39. The third-order valence-corrected chi connectivity index (χ3v) is 4.02. The zero-order valence-corrected chi connectivity index (χ0v) is 11.7. The van der Waals surface area contributed by atoms with Gasteiger partial charge in [-0.3, -0.25) is 0 Å². The van der Waals surface area contributed by atoms with Crippen molar-refractivity contribution >= 4 is 0 Å². The molecule has 2 aromatic rings. The first-order valence-corrected chi connectivity index (χ1v) is 6.77. The Morgan fingerprint density at radius 3 is 2.74 bits per heavy atom. The van der Waals surface area contributed by atoms with Gasteiger partial charge in [-0.1, -0.05) is 0 Å². The zero-order valence-electron chi connectivity index (χ0n) is 11.7. The zero-order chi connectivity index (χ0) is 13.4. The maximum Gasteiger partial charge on any atom is 0.181 e. The molecule has 19 heavy (non-hydrogen) atoms. The van der Waals surface area contributed by atoms with Gasteiger partial charge in [0.05, 0.1) is 12.8 Å². The van der Waals surface area contributed by atoms with Crippen molar-refractivity contribution in [3.8, 4) is 17.1 Å². The number of methoxy groups -OCH3 is 1. The first kappa shape index (κ1) is 12.3. The van der Waals surface area contributed by atoms with Gasteiger partial charge < -0.3 is 9.15 Å². The summed E-state index contributed by atoms with van der Waals surface area (Å²) in [7, 11) is 1.70. The van der Waals surface area contributed by atoms with Gasteiger partial charge in [-0.2, -0.15) is 0 Å². The van der Waals surface area contributed by atoms with Crippen LogP contribution >= 0.6 is 0 Å². The lowest BCUT2D eigenvalue weighted by Crippen LogP contribution is -1.95. The largest absolute Gasteiger partial charge is 0.496 e. The second-order valence-electron chi connectivity index (χ2n) is 5.34. The molecule has 3 heteroatoms. The summed E-state index contributed by atoms with van der Waals surface area (Å²) in [5.74, 6) is 2.66. The van der Waals surface area contributed by atoms with Crippen LogP contribution in [0.2, 0.25) is 0 Å². The summed E-state index contributed by atoms with van der Waals surface area (Å²) in [5.41, 5.74) is 4.59. The quantitative estimate of drug-likeness (QED) is 0.832. The van der Waals surface area contributed by atoms with Crippen LogP contribution in [0, 0.1) is 19.8 Å². The van der Waals surface area contributed by atoms with Crippen LogP contribution in [-0.4, -0.2) is 12.1 Å². The molecule has 1 aliphatic carbocycles. The second kappa shape index (κ2) is 4.72. The van der Waals surface area contributed by atoms with Crippen LogP contribution in [0.3, 0.4) is 0 Å². The van der Waals surface area contributed by atoms with Crippen LogP contribution < -0.4 is 4.74 Å². The number of nitrogens with zero attached hydrogens (tertiary/aromatic N) is 1. The fraction of sp³-hybridized carbons (Fsp3) is 0.438. The minimum atomic E-state index is 0.809. The van der Waals surface area contributed by atoms with Gasteiger partial charge in [-0.25, -0.2) is 4.98 Å². The molecule has 0 saturated heterocycles. The molecule has 100 valence electrons. The molecule has 3 rings (SSSR count). The predicted molar refractivity (Wildman–Crippen MR) is 74.4 cm³/mol. The van der Waals surface area contributed by atoms with Gasteiger partial charge in [0.15, 0.2) is 12.2 Å². The molecule has 0 atom stereocenters. The summed E-state index contributed by atoms with van der Waals surface area (Å²) in [6.07, 6.45) is 5.25. The molecule has 1 saturated carbocycles. The van der Waals surface area contributed by atoms with Gasteiger partial charge in [0.2, 0.25) is 0 Å². The summed E-state index contributed by atoms with van der Waals surface area (Å²) in [6.45, 7) is 4.19. The third kappa shape index (κ3) is 2.25. The molecule has 1 heterocycles. The molecule has 0 unspecified atom stereocenters. The Bertz CT molecular complexity index is 597. The predicted octanol–water partition coefficient (Wildman–Crippen LogP) is 3.92. The number of oxazole rings is 1. The summed E-state index contributed by atoms with van der Waals surface area (Å²) in [5, 5.41) is 0. The number of hydrogen-bond donors (Lipinski definition) is 0. The maximum absolute atomic E-state index is 5.64. The van der Waals surface area contributed by atoms with Crippen molar-refractivity contribution in [2.24, 2.45) is 5.92 Å². The van der Waals surface area contributed by atoms with Crippen LogP contribution in [0.15, 0.2) is 22.9 Å². The van der Waals surface area contributed by atoms with Crippen molar-refractivity contribution in [3.05, 3.63) is 35.3 Å². The lowest BCUT2D eigenvalue weighted by atomic mass is 9.98. The molecule has 0 bridgehead atoms. The van der Waals surface area contributed by atoms with E-state index < -0.39 is 0 Å². The van der Waals surface area contributed by atoms with E-state index in [-0.39, 0.29) is 0 Å². The SMILES string of the molecule is COc1ccc(-c2ocnc2CC2CC2)c(C)c1C. The molecular formula is C16H19NO2. The topological polar surface area (TPSA) is 35.3 Å². The number of rotatable bonds is 4. The van der Waals surface area contributed by atoms with E-state index in [9.17, 15) is 0 Å². The minimum Gasteiger partial charge on any atom is -0.496 e. The van der Waals surface area contributed by atoms with E-state index in [0.29, 0.717) is 0 Å². The lowest BCUT2D eigenvalue weighted by molar-refractivity contribution is 0.411. The molecular weight excluding hydrogens is 238 g/mol. The standard InChI is InChI=1S/C16H19NO2/c1-10-11(2)15(18-3)7-6-13(10)16-14(17-9-19-16)8-12-4-5-12/h6-7,9,12H,4-5,8H2,1-3H3. The molecule has 0 amide bonds. The Morgan fingerprint density at radius 2 is 2.05 bits per heavy atom. The van der Waals surface area contributed by atoms with E-state index in [1.165, 1.54) is 18.4 Å². The van der Waals surface area contributed by atoms with E-state index in [2.05, 4.69) is 24.9 Å². The highest BCUT2D eigenvalue weighted by Crippen LogP contribution is 2.37. The van der Waals surface area contributed by atoms with Crippen LogP contribution in [0.4, 0.5) is 0 Å². The average Bonchev–Trinajstić information content (AvgIpc) is 3.10. The highest BCUT2D eigenvalue weighted by molar-refractivity contribution is 5.67. The molecule has 0 aliphatic heterocycles. The van der Waals surface area contributed by atoms with Crippen LogP contribution in [0.5, 0.6) is 5.75 Å². The van der Waals surface area contributed by atoms with Crippen molar-refractivity contribution in [2.75, 3.05) is 7.11 Å². The van der Waals surface area contributed by atoms with Crippen LogP contribution in [0.25, 0.3) is 11.3 Å². The van der Waals surface area contributed by atoms with Crippen molar-refractivity contribution in [2.45, 2.75) is 33.1 Å². The van der Waals surface area contributed by atoms with E-state index in [4.69, 9.17) is 9.15 Å². The first-order chi connectivity index (χ1) is 9.20. The normalized spacial score (nSPS) is 14.7. The number of benzene rings is 1. The number of ether oxygens (including phenoxy) is 1. The Hall–Kier alpha value is -1.77. The maximum atomic E-state index is 5.64. The van der Waals surface area contributed by atoms with E-state index in [1.807, 2.05) is 6.07 Å². The van der Waals surface area contributed by atoms with E-state index in [1.54, 1.807) is 13.5 Å². The van der Waals surface area contributed by atoms with Gasteiger partial charge in [-0.05, 0) is 62.3 Å². The van der Waals surface area contributed by atoms with Crippen LogP contribution in [0.1, 0.15) is 29.7 Å². The van der Waals surface area contributed by atoms with E-state index in [0.717, 1.165) is 40.7 Å². The van der Waals surface area contributed by atoms with Crippen molar-refractivity contribution in [1.82, 2.24) is 4.98 Å². The minimum absolute atomic E-state index is 0.809. The fourth-order valence-electron chi connectivity index (χ4n) is 2.49. The van der Waals surface area contributed by atoms with Crippen molar-refractivity contribution < 1.29 is 9.15 Å². The molecule has 3 nitrogen and oxygen atoms in total. The van der Waals surface area contributed by atoms with Gasteiger partial charge in [-0.15, -0.1) is 0 Å². The molecule has 1 aromatic heterocycles. The number of aromatic nitrogens is 1. The Labute approximate surface area is 113 Å². The summed E-state index contributed by atoms with van der Waals surface area (Å²) < 4.78 is 11.0. The highest BCUT2D eigenvalue weighted by Gasteiger charge is 2.25. The average molecular weight is 257 g/mol. The Morgan fingerprint density at radius 1 is 1.26 bits per heavy atom. The smallest absolute Gasteiger partial charge is 0.181 e. The third-order valence-electron chi connectivity index (χ3n) is 4.02.